The topological polar surface area (TPSA) is 55.1 Å². The summed E-state index contributed by atoms with van der Waals surface area (Å²) in [4.78, 5) is 11.7. The lowest BCUT2D eigenvalue weighted by molar-refractivity contribution is -0.116. The molecule has 3 nitrogen and oxygen atoms in total. The number of carbonyl (C=O) groups is 1. The van der Waals surface area contributed by atoms with Gasteiger partial charge in [-0.3, -0.25) is 4.79 Å². The van der Waals surface area contributed by atoms with Crippen LogP contribution in [0.25, 0.3) is 0 Å². The van der Waals surface area contributed by atoms with Crippen molar-refractivity contribution in [3.8, 4) is 0 Å². The molecule has 1 amide bonds. The molecule has 2 aromatic carbocycles. The molecule has 21 heavy (non-hydrogen) atoms. The number of hydrogen-bond donors (Lipinski definition) is 2. The molecule has 3 N–H and O–H groups in total. The van der Waals surface area contributed by atoms with Gasteiger partial charge in [0.25, 0.3) is 0 Å². The van der Waals surface area contributed by atoms with Gasteiger partial charge in [-0.1, -0.05) is 12.1 Å². The first-order chi connectivity index (χ1) is 9.97. The molecule has 0 aliphatic rings. The van der Waals surface area contributed by atoms with E-state index in [1.165, 1.54) is 0 Å². The number of aryl methyl sites for hydroxylation is 1. The second-order valence-corrected chi connectivity index (χ2v) is 4.51. The minimum absolute atomic E-state index is 0.0857. The van der Waals surface area contributed by atoms with Crippen LogP contribution in [0.4, 0.5) is 24.5 Å². The van der Waals surface area contributed by atoms with Gasteiger partial charge in [0, 0.05) is 12.1 Å². The maximum atomic E-state index is 13.4. The molecule has 0 unspecified atom stereocenters. The zero-order chi connectivity index (χ0) is 15.4. The largest absolute Gasteiger partial charge is 0.399 e. The number of nitrogens with two attached hydrogens (primary N) is 1. The molecule has 2 rings (SSSR count). The van der Waals surface area contributed by atoms with E-state index >= 15 is 0 Å². The van der Waals surface area contributed by atoms with Crippen LogP contribution in [0.15, 0.2) is 36.4 Å². The van der Waals surface area contributed by atoms with Gasteiger partial charge in [-0.05, 0) is 36.2 Å². The fourth-order valence-electron chi connectivity index (χ4n) is 1.78. The Morgan fingerprint density at radius 2 is 1.67 bits per heavy atom. The van der Waals surface area contributed by atoms with E-state index in [0.29, 0.717) is 12.1 Å². The van der Waals surface area contributed by atoms with Crippen LogP contribution in [-0.2, 0) is 11.2 Å². The number of nitrogen functional groups attached to an aromatic ring is 1. The summed E-state index contributed by atoms with van der Waals surface area (Å²) in [5.41, 5.74) is 6.67. The number of amides is 1. The smallest absolute Gasteiger partial charge is 0.224 e. The molecule has 0 atom stereocenters. The van der Waals surface area contributed by atoms with E-state index in [2.05, 4.69) is 5.32 Å². The van der Waals surface area contributed by atoms with E-state index in [-0.39, 0.29) is 12.1 Å². The molecular weight excluding hydrogens is 281 g/mol. The highest BCUT2D eigenvalue weighted by Gasteiger charge is 2.15. The SMILES string of the molecule is Nc1ccc(CCC(=O)Nc2ccc(F)c(F)c2F)cc1. The predicted molar refractivity (Wildman–Crippen MR) is 74.1 cm³/mol. The predicted octanol–water partition coefficient (Wildman–Crippen LogP) is 3.26. The van der Waals surface area contributed by atoms with Crippen LogP contribution in [0.3, 0.4) is 0 Å². The standard InChI is InChI=1S/C15H13F3N2O/c16-11-6-7-12(15(18)14(11)17)20-13(21)8-3-9-1-4-10(19)5-2-9/h1-2,4-7H,3,8,19H2,(H,20,21). The molecule has 0 aromatic heterocycles. The van der Waals surface area contributed by atoms with Gasteiger partial charge in [-0.2, -0.15) is 0 Å². The fraction of sp³-hybridized carbons (Fsp3) is 0.133. The Hall–Kier alpha value is -2.50. The minimum atomic E-state index is -1.61. The van der Waals surface area contributed by atoms with Gasteiger partial charge in [0.1, 0.15) is 0 Å². The lowest BCUT2D eigenvalue weighted by atomic mass is 10.1. The molecule has 0 bridgehead atoms. The van der Waals surface area contributed by atoms with Gasteiger partial charge < -0.3 is 11.1 Å². The molecule has 0 heterocycles. The van der Waals surface area contributed by atoms with Crippen molar-refractivity contribution in [3.63, 3.8) is 0 Å². The number of halogens is 3. The van der Waals surface area contributed by atoms with Crippen molar-refractivity contribution in [2.75, 3.05) is 11.1 Å². The van der Waals surface area contributed by atoms with Crippen molar-refractivity contribution in [1.82, 2.24) is 0 Å². The normalized spacial score (nSPS) is 10.4. The Bertz CT molecular complexity index is 657. The first-order valence-corrected chi connectivity index (χ1v) is 6.25. The van der Waals surface area contributed by atoms with Crippen molar-refractivity contribution >= 4 is 17.3 Å². The summed E-state index contributed by atoms with van der Waals surface area (Å²) in [5, 5.41) is 2.21. The minimum Gasteiger partial charge on any atom is -0.399 e. The number of rotatable bonds is 4. The van der Waals surface area contributed by atoms with Crippen molar-refractivity contribution < 1.29 is 18.0 Å². The molecule has 0 fully saturated rings. The van der Waals surface area contributed by atoms with Crippen LogP contribution < -0.4 is 11.1 Å². The van der Waals surface area contributed by atoms with Gasteiger partial charge in [0.2, 0.25) is 5.91 Å². The van der Waals surface area contributed by atoms with Gasteiger partial charge in [0.15, 0.2) is 17.5 Å². The number of nitrogens with one attached hydrogen (secondary N) is 1. The number of hydrogen-bond acceptors (Lipinski definition) is 2. The second kappa shape index (κ2) is 6.30. The highest BCUT2D eigenvalue weighted by atomic mass is 19.2. The van der Waals surface area contributed by atoms with E-state index in [9.17, 15) is 18.0 Å². The van der Waals surface area contributed by atoms with E-state index in [0.717, 1.165) is 17.7 Å². The van der Waals surface area contributed by atoms with Crippen LogP contribution in [0.2, 0.25) is 0 Å². The summed E-state index contributed by atoms with van der Waals surface area (Å²) in [7, 11) is 0. The zero-order valence-corrected chi connectivity index (χ0v) is 11.0. The van der Waals surface area contributed by atoms with Gasteiger partial charge in [0.05, 0.1) is 5.69 Å². The molecule has 2 aromatic rings. The van der Waals surface area contributed by atoms with Crippen LogP contribution in [0, 0.1) is 17.5 Å². The summed E-state index contributed by atoms with van der Waals surface area (Å²) >= 11 is 0. The molecule has 0 radical (unpaired) electrons. The summed E-state index contributed by atoms with van der Waals surface area (Å²) in [6.45, 7) is 0. The average Bonchev–Trinajstić information content (AvgIpc) is 2.47. The van der Waals surface area contributed by atoms with Crippen LogP contribution in [0.5, 0.6) is 0 Å². The Labute approximate surface area is 119 Å². The van der Waals surface area contributed by atoms with Crippen molar-refractivity contribution in [2.24, 2.45) is 0 Å². The van der Waals surface area contributed by atoms with E-state index in [1.807, 2.05) is 0 Å². The number of carbonyl (C=O) groups excluding carboxylic acids is 1. The Morgan fingerprint density at radius 1 is 1.00 bits per heavy atom. The molecule has 0 saturated carbocycles. The quantitative estimate of drug-likeness (QED) is 0.671. The molecule has 0 aliphatic carbocycles. The Morgan fingerprint density at radius 3 is 2.33 bits per heavy atom. The van der Waals surface area contributed by atoms with E-state index in [1.54, 1.807) is 24.3 Å². The van der Waals surface area contributed by atoms with Crippen LogP contribution in [-0.4, -0.2) is 5.91 Å². The third-order valence-electron chi connectivity index (χ3n) is 2.93. The highest BCUT2D eigenvalue weighted by Crippen LogP contribution is 2.20. The molecule has 6 heteroatoms. The first kappa shape index (κ1) is 14.9. The average molecular weight is 294 g/mol. The van der Waals surface area contributed by atoms with E-state index < -0.39 is 23.4 Å². The van der Waals surface area contributed by atoms with Gasteiger partial charge >= 0.3 is 0 Å². The monoisotopic (exact) mass is 294 g/mol. The maximum absolute atomic E-state index is 13.4. The Balaban J connectivity index is 1.96. The number of benzene rings is 2. The lowest BCUT2D eigenvalue weighted by Gasteiger charge is -2.07. The van der Waals surface area contributed by atoms with Crippen molar-refractivity contribution in [2.45, 2.75) is 12.8 Å². The van der Waals surface area contributed by atoms with Crippen molar-refractivity contribution in [3.05, 3.63) is 59.4 Å². The van der Waals surface area contributed by atoms with Gasteiger partial charge in [-0.15, -0.1) is 0 Å². The third kappa shape index (κ3) is 3.75. The molecule has 0 spiro atoms. The third-order valence-corrected chi connectivity index (χ3v) is 2.93. The first-order valence-electron chi connectivity index (χ1n) is 6.25. The van der Waals surface area contributed by atoms with Crippen molar-refractivity contribution in [1.29, 1.82) is 0 Å². The summed E-state index contributed by atoms with van der Waals surface area (Å²) < 4.78 is 39.2. The summed E-state index contributed by atoms with van der Waals surface area (Å²) in [6.07, 6.45) is 0.514. The van der Waals surface area contributed by atoms with Crippen LogP contribution in [0.1, 0.15) is 12.0 Å². The zero-order valence-electron chi connectivity index (χ0n) is 11.0. The summed E-state index contributed by atoms with van der Waals surface area (Å²) in [6, 6.07) is 8.72. The molecule has 0 aliphatic heterocycles. The lowest BCUT2D eigenvalue weighted by Crippen LogP contribution is -2.14. The summed E-state index contributed by atoms with van der Waals surface area (Å²) in [5.74, 6) is -4.80. The molecular formula is C15H13F3N2O. The second-order valence-electron chi connectivity index (χ2n) is 4.51. The highest BCUT2D eigenvalue weighted by molar-refractivity contribution is 5.90. The molecule has 110 valence electrons. The van der Waals surface area contributed by atoms with E-state index in [4.69, 9.17) is 5.73 Å². The van der Waals surface area contributed by atoms with Crippen LogP contribution >= 0.6 is 0 Å². The fourth-order valence-corrected chi connectivity index (χ4v) is 1.78. The molecule has 0 saturated heterocycles. The number of anilines is 2. The Kier molecular flexibility index (Phi) is 4.47. The van der Waals surface area contributed by atoms with Gasteiger partial charge in [-0.25, -0.2) is 13.2 Å². The maximum Gasteiger partial charge on any atom is 0.224 e.